The molecule has 0 aromatic heterocycles. The van der Waals surface area contributed by atoms with E-state index in [9.17, 15) is 4.79 Å². The Kier molecular flexibility index (Phi) is 5.21. The Morgan fingerprint density at radius 2 is 2.21 bits per heavy atom. The lowest BCUT2D eigenvalue weighted by molar-refractivity contribution is 0.0954. The van der Waals surface area contributed by atoms with Crippen LogP contribution in [-0.4, -0.2) is 36.7 Å². The van der Waals surface area contributed by atoms with Gasteiger partial charge in [0.25, 0.3) is 0 Å². The molecule has 1 saturated heterocycles. The lowest BCUT2D eigenvalue weighted by Gasteiger charge is -2.23. The molecule has 4 nitrogen and oxygen atoms in total. The molecule has 1 aromatic rings. The van der Waals surface area contributed by atoms with E-state index in [0.717, 1.165) is 38.0 Å². The Morgan fingerprint density at radius 1 is 1.42 bits per heavy atom. The summed E-state index contributed by atoms with van der Waals surface area (Å²) in [6.45, 7) is 4.97. The largest absolute Gasteiger partial charge is 0.445 e. The molecule has 1 aromatic carbocycles. The molecular weight excluding hydrogens is 240 g/mol. The fraction of sp³-hybridized carbons (Fsp3) is 0.533. The lowest BCUT2D eigenvalue weighted by atomic mass is 10.2. The van der Waals surface area contributed by atoms with Crippen LogP contribution in [0, 0.1) is 0 Å². The highest BCUT2D eigenvalue weighted by atomic mass is 16.6. The third-order valence-electron chi connectivity index (χ3n) is 3.43. The van der Waals surface area contributed by atoms with Gasteiger partial charge in [-0.1, -0.05) is 37.3 Å². The molecule has 19 heavy (non-hydrogen) atoms. The van der Waals surface area contributed by atoms with Crippen LogP contribution in [0.2, 0.25) is 0 Å². The van der Waals surface area contributed by atoms with Gasteiger partial charge in [-0.25, -0.2) is 4.79 Å². The monoisotopic (exact) mass is 262 g/mol. The fourth-order valence-corrected chi connectivity index (χ4v) is 2.25. The van der Waals surface area contributed by atoms with E-state index in [1.165, 1.54) is 0 Å². The standard InChI is InChI=1S/C15H22N2O2/c1-2-14-11-17(10-6-9-16-14)15(18)19-12-13-7-4-3-5-8-13/h3-5,7-8,14,16H,2,6,9-12H2,1H3/t14-/m1/s1. The summed E-state index contributed by atoms with van der Waals surface area (Å²) in [6, 6.07) is 10.2. The van der Waals surface area contributed by atoms with Gasteiger partial charge in [-0.15, -0.1) is 0 Å². The van der Waals surface area contributed by atoms with Crippen LogP contribution >= 0.6 is 0 Å². The molecule has 1 N–H and O–H groups in total. The van der Waals surface area contributed by atoms with Gasteiger partial charge in [0.05, 0.1) is 0 Å². The molecular formula is C15H22N2O2. The number of carbonyl (C=O) groups is 1. The van der Waals surface area contributed by atoms with Crippen molar-refractivity contribution in [3.63, 3.8) is 0 Å². The summed E-state index contributed by atoms with van der Waals surface area (Å²) in [5, 5.41) is 3.44. The maximum atomic E-state index is 12.1. The van der Waals surface area contributed by atoms with Crippen molar-refractivity contribution in [2.24, 2.45) is 0 Å². The molecule has 0 aliphatic carbocycles. The molecule has 1 heterocycles. The molecule has 1 fully saturated rings. The van der Waals surface area contributed by atoms with Crippen LogP contribution in [0.4, 0.5) is 4.79 Å². The normalized spacial score (nSPS) is 19.8. The SMILES string of the molecule is CC[C@@H]1CN(C(=O)OCc2ccccc2)CCCN1. The molecule has 0 radical (unpaired) electrons. The summed E-state index contributed by atoms with van der Waals surface area (Å²) in [5.41, 5.74) is 1.02. The van der Waals surface area contributed by atoms with E-state index < -0.39 is 0 Å². The van der Waals surface area contributed by atoms with Crippen LogP contribution in [0.5, 0.6) is 0 Å². The lowest BCUT2D eigenvalue weighted by Crippen LogP contribution is -2.40. The molecule has 0 saturated carbocycles. The zero-order valence-electron chi connectivity index (χ0n) is 11.5. The number of ether oxygens (including phenoxy) is 1. The number of hydrogen-bond acceptors (Lipinski definition) is 3. The van der Waals surface area contributed by atoms with E-state index in [2.05, 4.69) is 12.2 Å². The number of nitrogens with zero attached hydrogens (tertiary/aromatic N) is 1. The van der Waals surface area contributed by atoms with Crippen molar-refractivity contribution < 1.29 is 9.53 Å². The fourth-order valence-electron chi connectivity index (χ4n) is 2.25. The predicted molar refractivity (Wildman–Crippen MR) is 74.9 cm³/mol. The summed E-state index contributed by atoms with van der Waals surface area (Å²) >= 11 is 0. The molecule has 104 valence electrons. The average molecular weight is 262 g/mol. The van der Waals surface area contributed by atoms with Crippen molar-refractivity contribution in [2.75, 3.05) is 19.6 Å². The Bertz CT molecular complexity index is 394. The van der Waals surface area contributed by atoms with E-state index >= 15 is 0 Å². The molecule has 0 unspecified atom stereocenters. The highest BCUT2D eigenvalue weighted by molar-refractivity contribution is 5.67. The average Bonchev–Trinajstić information content (AvgIpc) is 2.71. The minimum absolute atomic E-state index is 0.203. The molecule has 1 amide bonds. The second-order valence-electron chi connectivity index (χ2n) is 4.90. The maximum Gasteiger partial charge on any atom is 0.410 e. The second-order valence-corrected chi connectivity index (χ2v) is 4.90. The van der Waals surface area contributed by atoms with Crippen LogP contribution < -0.4 is 5.32 Å². The van der Waals surface area contributed by atoms with Gasteiger partial charge in [0, 0.05) is 19.1 Å². The molecule has 1 aliphatic heterocycles. The molecule has 2 rings (SSSR count). The molecule has 0 bridgehead atoms. The van der Waals surface area contributed by atoms with Crippen molar-refractivity contribution in [2.45, 2.75) is 32.4 Å². The number of benzene rings is 1. The van der Waals surface area contributed by atoms with Crippen molar-refractivity contribution >= 4 is 6.09 Å². The minimum Gasteiger partial charge on any atom is -0.445 e. The highest BCUT2D eigenvalue weighted by Crippen LogP contribution is 2.07. The summed E-state index contributed by atoms with van der Waals surface area (Å²) in [5.74, 6) is 0. The summed E-state index contributed by atoms with van der Waals surface area (Å²) in [6.07, 6.45) is 1.81. The quantitative estimate of drug-likeness (QED) is 0.909. The van der Waals surface area contributed by atoms with E-state index in [0.29, 0.717) is 12.6 Å². The van der Waals surface area contributed by atoms with E-state index in [1.54, 1.807) is 0 Å². The second kappa shape index (κ2) is 7.14. The topological polar surface area (TPSA) is 41.6 Å². The number of rotatable bonds is 3. The first kappa shape index (κ1) is 13.9. The van der Waals surface area contributed by atoms with Crippen LogP contribution in [0.25, 0.3) is 0 Å². The van der Waals surface area contributed by atoms with Gasteiger partial charge in [0.15, 0.2) is 0 Å². The smallest absolute Gasteiger partial charge is 0.410 e. The van der Waals surface area contributed by atoms with Crippen molar-refractivity contribution in [1.82, 2.24) is 10.2 Å². The minimum atomic E-state index is -0.203. The Morgan fingerprint density at radius 3 is 2.95 bits per heavy atom. The summed E-state index contributed by atoms with van der Waals surface area (Å²) < 4.78 is 5.38. The van der Waals surface area contributed by atoms with E-state index in [-0.39, 0.29) is 6.09 Å². The highest BCUT2D eigenvalue weighted by Gasteiger charge is 2.21. The van der Waals surface area contributed by atoms with Gasteiger partial charge in [-0.3, -0.25) is 0 Å². The summed E-state index contributed by atoms with van der Waals surface area (Å²) in [7, 11) is 0. The molecule has 1 aliphatic rings. The Hall–Kier alpha value is -1.55. The van der Waals surface area contributed by atoms with Crippen LogP contribution in [0.15, 0.2) is 30.3 Å². The van der Waals surface area contributed by atoms with Gasteiger partial charge >= 0.3 is 6.09 Å². The van der Waals surface area contributed by atoms with Gasteiger partial charge < -0.3 is 15.0 Å². The van der Waals surface area contributed by atoms with Crippen molar-refractivity contribution in [3.05, 3.63) is 35.9 Å². The maximum absolute atomic E-state index is 12.1. The molecule has 0 spiro atoms. The number of hydrogen-bond donors (Lipinski definition) is 1. The number of nitrogens with one attached hydrogen (secondary N) is 1. The Labute approximate surface area is 114 Å². The van der Waals surface area contributed by atoms with Crippen LogP contribution in [-0.2, 0) is 11.3 Å². The number of amides is 1. The van der Waals surface area contributed by atoms with Gasteiger partial charge in [0.1, 0.15) is 6.61 Å². The first-order chi connectivity index (χ1) is 9.29. The zero-order chi connectivity index (χ0) is 13.5. The van der Waals surface area contributed by atoms with Crippen LogP contribution in [0.1, 0.15) is 25.3 Å². The summed E-state index contributed by atoms with van der Waals surface area (Å²) in [4.78, 5) is 13.9. The predicted octanol–water partition coefficient (Wildman–Crippen LogP) is 2.40. The van der Waals surface area contributed by atoms with Crippen LogP contribution in [0.3, 0.4) is 0 Å². The molecule has 1 atom stereocenters. The number of carbonyl (C=O) groups excluding carboxylic acids is 1. The third kappa shape index (κ3) is 4.24. The van der Waals surface area contributed by atoms with Gasteiger partial charge in [-0.2, -0.15) is 0 Å². The Balaban J connectivity index is 1.84. The first-order valence-electron chi connectivity index (χ1n) is 6.98. The zero-order valence-corrected chi connectivity index (χ0v) is 11.5. The van der Waals surface area contributed by atoms with Gasteiger partial charge in [-0.05, 0) is 24.9 Å². The van der Waals surface area contributed by atoms with Crippen molar-refractivity contribution in [1.29, 1.82) is 0 Å². The van der Waals surface area contributed by atoms with E-state index in [4.69, 9.17) is 4.74 Å². The molecule has 4 heteroatoms. The van der Waals surface area contributed by atoms with Gasteiger partial charge in [0.2, 0.25) is 0 Å². The van der Waals surface area contributed by atoms with Crippen molar-refractivity contribution in [3.8, 4) is 0 Å². The van der Waals surface area contributed by atoms with E-state index in [1.807, 2.05) is 35.2 Å². The third-order valence-corrected chi connectivity index (χ3v) is 3.43. The first-order valence-corrected chi connectivity index (χ1v) is 6.98.